The van der Waals surface area contributed by atoms with Crippen LogP contribution in [-0.2, 0) is 15.8 Å². The van der Waals surface area contributed by atoms with Gasteiger partial charge in [0.15, 0.2) is 5.58 Å². The second kappa shape index (κ2) is 5.75. The minimum Gasteiger partial charge on any atom is -0.356 e. The van der Waals surface area contributed by atoms with Gasteiger partial charge in [-0.2, -0.15) is 0 Å². The first-order valence-electron chi connectivity index (χ1n) is 7.06. The standard InChI is InChI=1S/C14H19N3O3S/c1-16-7-4-8-17(10-9-16)21(18,19)11-13-12-5-2-3-6-14(12)20-15-13/h2-3,5-6H,4,7-11H2,1H3. The Hall–Kier alpha value is -1.44. The number of likely N-dealkylation sites (N-methyl/N-ethyl adjacent to an activating group) is 1. The van der Waals surface area contributed by atoms with Gasteiger partial charge in [-0.1, -0.05) is 17.3 Å². The molecule has 1 aromatic heterocycles. The lowest BCUT2D eigenvalue weighted by molar-refractivity contribution is 0.347. The second-order valence-electron chi connectivity index (χ2n) is 5.44. The number of rotatable bonds is 3. The van der Waals surface area contributed by atoms with E-state index in [0.29, 0.717) is 24.4 Å². The maximum atomic E-state index is 12.6. The topological polar surface area (TPSA) is 66.7 Å². The van der Waals surface area contributed by atoms with E-state index in [0.717, 1.165) is 24.9 Å². The van der Waals surface area contributed by atoms with Gasteiger partial charge in [0, 0.05) is 25.0 Å². The molecule has 0 N–H and O–H groups in total. The van der Waals surface area contributed by atoms with Gasteiger partial charge in [-0.05, 0) is 32.1 Å². The summed E-state index contributed by atoms with van der Waals surface area (Å²) in [7, 11) is -1.35. The molecule has 0 bridgehead atoms. The smallest absolute Gasteiger partial charge is 0.220 e. The Morgan fingerprint density at radius 2 is 2.00 bits per heavy atom. The average Bonchev–Trinajstić information content (AvgIpc) is 2.71. The molecule has 0 spiro atoms. The maximum absolute atomic E-state index is 12.6. The third-order valence-electron chi connectivity index (χ3n) is 3.84. The molecule has 0 radical (unpaired) electrons. The van der Waals surface area contributed by atoms with Gasteiger partial charge in [-0.3, -0.25) is 0 Å². The van der Waals surface area contributed by atoms with Crippen LogP contribution in [0.4, 0.5) is 0 Å². The Morgan fingerprint density at radius 3 is 2.86 bits per heavy atom. The van der Waals surface area contributed by atoms with Gasteiger partial charge in [-0.25, -0.2) is 12.7 Å². The lowest BCUT2D eigenvalue weighted by atomic mass is 10.2. The molecule has 0 unspecified atom stereocenters. The van der Waals surface area contributed by atoms with E-state index in [-0.39, 0.29) is 5.75 Å². The molecule has 114 valence electrons. The number of sulfonamides is 1. The van der Waals surface area contributed by atoms with Crippen LogP contribution < -0.4 is 0 Å². The van der Waals surface area contributed by atoms with E-state index < -0.39 is 10.0 Å². The predicted molar refractivity (Wildman–Crippen MR) is 80.3 cm³/mol. The zero-order valence-corrected chi connectivity index (χ0v) is 12.8. The monoisotopic (exact) mass is 309 g/mol. The van der Waals surface area contributed by atoms with Crippen molar-refractivity contribution < 1.29 is 12.9 Å². The fourth-order valence-corrected chi connectivity index (χ4v) is 4.11. The van der Waals surface area contributed by atoms with Crippen molar-refractivity contribution in [3.8, 4) is 0 Å². The minimum atomic E-state index is -3.36. The Labute approximate surface area is 124 Å². The van der Waals surface area contributed by atoms with Crippen LogP contribution in [0.5, 0.6) is 0 Å². The number of hydrogen-bond acceptors (Lipinski definition) is 5. The molecular formula is C14H19N3O3S. The number of nitrogens with zero attached hydrogens (tertiary/aromatic N) is 3. The van der Waals surface area contributed by atoms with E-state index in [1.165, 1.54) is 0 Å². The summed E-state index contributed by atoms with van der Waals surface area (Å²) >= 11 is 0. The molecule has 1 aliphatic rings. The van der Waals surface area contributed by atoms with Gasteiger partial charge in [-0.15, -0.1) is 0 Å². The van der Waals surface area contributed by atoms with Gasteiger partial charge >= 0.3 is 0 Å². The van der Waals surface area contributed by atoms with Crippen LogP contribution in [0.1, 0.15) is 12.1 Å². The highest BCUT2D eigenvalue weighted by Gasteiger charge is 2.26. The first kappa shape index (κ1) is 14.5. The lowest BCUT2D eigenvalue weighted by Crippen LogP contribution is -2.35. The summed E-state index contributed by atoms with van der Waals surface area (Å²) in [6.07, 6.45) is 0.856. The zero-order valence-electron chi connectivity index (χ0n) is 12.0. The summed E-state index contributed by atoms with van der Waals surface area (Å²) in [6.45, 7) is 2.80. The van der Waals surface area contributed by atoms with E-state index in [9.17, 15) is 8.42 Å². The van der Waals surface area contributed by atoms with Gasteiger partial charge in [0.1, 0.15) is 11.4 Å². The van der Waals surface area contributed by atoms with E-state index in [1.807, 2.05) is 25.2 Å². The molecule has 3 rings (SSSR count). The summed E-state index contributed by atoms with van der Waals surface area (Å²) in [4.78, 5) is 2.15. The third kappa shape index (κ3) is 3.09. The zero-order chi connectivity index (χ0) is 14.9. The maximum Gasteiger partial charge on any atom is 0.220 e. The van der Waals surface area contributed by atoms with Gasteiger partial charge < -0.3 is 9.42 Å². The van der Waals surface area contributed by atoms with E-state index in [4.69, 9.17) is 4.52 Å². The molecule has 2 heterocycles. The summed E-state index contributed by atoms with van der Waals surface area (Å²) in [5, 5.41) is 4.69. The van der Waals surface area contributed by atoms with Crippen molar-refractivity contribution in [2.75, 3.05) is 33.2 Å². The van der Waals surface area contributed by atoms with Crippen molar-refractivity contribution in [2.24, 2.45) is 0 Å². The van der Waals surface area contributed by atoms with Gasteiger partial charge in [0.2, 0.25) is 10.0 Å². The van der Waals surface area contributed by atoms with Gasteiger partial charge in [0.05, 0.1) is 0 Å². The first-order chi connectivity index (χ1) is 10.1. The quantitative estimate of drug-likeness (QED) is 0.855. The second-order valence-corrected chi connectivity index (χ2v) is 7.41. The van der Waals surface area contributed by atoms with Crippen molar-refractivity contribution >= 4 is 21.0 Å². The molecule has 0 saturated carbocycles. The highest BCUT2D eigenvalue weighted by atomic mass is 32.2. The molecule has 1 aliphatic heterocycles. The normalized spacial score (nSPS) is 18.9. The highest BCUT2D eigenvalue weighted by molar-refractivity contribution is 7.88. The van der Waals surface area contributed by atoms with Crippen LogP contribution in [0.2, 0.25) is 0 Å². The largest absolute Gasteiger partial charge is 0.356 e. The SMILES string of the molecule is CN1CCCN(S(=O)(=O)Cc2noc3ccccc23)CC1. The molecule has 0 atom stereocenters. The Balaban J connectivity index is 1.82. The summed E-state index contributed by atoms with van der Waals surface area (Å²) in [6, 6.07) is 7.33. The molecule has 21 heavy (non-hydrogen) atoms. The van der Waals surface area contributed by atoms with Gasteiger partial charge in [0.25, 0.3) is 0 Å². The van der Waals surface area contributed by atoms with E-state index in [2.05, 4.69) is 10.1 Å². The fraction of sp³-hybridized carbons (Fsp3) is 0.500. The number of aromatic nitrogens is 1. The van der Waals surface area contributed by atoms with Crippen LogP contribution in [0.3, 0.4) is 0 Å². The Bertz CT molecular complexity index is 726. The first-order valence-corrected chi connectivity index (χ1v) is 8.67. The summed E-state index contributed by atoms with van der Waals surface area (Å²) in [5.41, 5.74) is 1.11. The van der Waals surface area contributed by atoms with Crippen LogP contribution in [0.25, 0.3) is 11.0 Å². The molecule has 2 aromatic rings. The number of hydrogen-bond donors (Lipinski definition) is 0. The number of benzene rings is 1. The van der Waals surface area contributed by atoms with Crippen LogP contribution >= 0.6 is 0 Å². The molecule has 0 amide bonds. The Morgan fingerprint density at radius 1 is 1.19 bits per heavy atom. The van der Waals surface area contributed by atoms with Crippen molar-refractivity contribution in [2.45, 2.75) is 12.2 Å². The van der Waals surface area contributed by atoms with Crippen molar-refractivity contribution in [1.82, 2.24) is 14.4 Å². The number of fused-ring (bicyclic) bond motifs is 1. The summed E-state index contributed by atoms with van der Waals surface area (Å²) in [5.74, 6) is -0.103. The number of para-hydroxylation sites is 1. The summed E-state index contributed by atoms with van der Waals surface area (Å²) < 4.78 is 31.9. The lowest BCUT2D eigenvalue weighted by Gasteiger charge is -2.19. The third-order valence-corrected chi connectivity index (χ3v) is 5.63. The van der Waals surface area contributed by atoms with E-state index in [1.54, 1.807) is 10.4 Å². The fourth-order valence-electron chi connectivity index (χ4n) is 2.61. The molecule has 7 heteroatoms. The molecule has 1 aromatic carbocycles. The van der Waals surface area contributed by atoms with E-state index >= 15 is 0 Å². The van der Waals surface area contributed by atoms with Crippen LogP contribution in [0, 0.1) is 0 Å². The highest BCUT2D eigenvalue weighted by Crippen LogP contribution is 2.21. The molecule has 1 fully saturated rings. The van der Waals surface area contributed by atoms with Crippen molar-refractivity contribution in [3.63, 3.8) is 0 Å². The van der Waals surface area contributed by atoms with Crippen molar-refractivity contribution in [3.05, 3.63) is 30.0 Å². The average molecular weight is 309 g/mol. The molecule has 1 saturated heterocycles. The van der Waals surface area contributed by atoms with Crippen molar-refractivity contribution in [1.29, 1.82) is 0 Å². The molecule has 6 nitrogen and oxygen atoms in total. The van der Waals surface area contributed by atoms with Crippen LogP contribution in [0.15, 0.2) is 28.8 Å². The van der Waals surface area contributed by atoms with Crippen LogP contribution in [-0.4, -0.2) is 56.0 Å². The predicted octanol–water partition coefficient (Wildman–Crippen LogP) is 1.30. The molecule has 0 aliphatic carbocycles. The Kier molecular flexibility index (Phi) is 3.97. The minimum absolute atomic E-state index is 0.103. The molecular weight excluding hydrogens is 290 g/mol.